The van der Waals surface area contributed by atoms with Crippen LogP contribution in [0.2, 0.25) is 0 Å². The van der Waals surface area contributed by atoms with Crippen molar-refractivity contribution in [3.63, 3.8) is 0 Å². The summed E-state index contributed by atoms with van der Waals surface area (Å²) in [6, 6.07) is 13.3. The molecule has 7 heteroatoms. The molecule has 2 aliphatic heterocycles. The average molecular weight is 433 g/mol. The fraction of sp³-hybridized carbons (Fsp3) is 0.200. The maximum atomic E-state index is 14.8. The molecule has 2 aromatic carbocycles. The van der Waals surface area contributed by atoms with Crippen molar-refractivity contribution < 1.29 is 28.2 Å². The van der Waals surface area contributed by atoms with E-state index in [4.69, 9.17) is 9.15 Å². The minimum absolute atomic E-state index is 0.0136. The van der Waals surface area contributed by atoms with Crippen LogP contribution in [-0.4, -0.2) is 27.8 Å². The Kier molecular flexibility index (Phi) is 4.81. The summed E-state index contributed by atoms with van der Waals surface area (Å²) in [5.41, 5.74) is 1.24. The van der Waals surface area contributed by atoms with Crippen molar-refractivity contribution in [2.75, 3.05) is 0 Å². The van der Waals surface area contributed by atoms with Gasteiger partial charge in [0.15, 0.2) is 0 Å². The zero-order valence-corrected chi connectivity index (χ0v) is 17.2. The first-order valence-corrected chi connectivity index (χ1v) is 10.3. The predicted molar refractivity (Wildman–Crippen MR) is 113 cm³/mol. The standard InChI is InChI=1S/C25H20FNO5/c1-14-11-16-12-15(8-9-20(16)32-14)23(28)21-22(18-6-2-3-7-19(18)26)27(25(30)24(21)29)13-17-5-4-10-31-17/h2-10,12,14,22,28H,11,13H2,1H3/t14-,22-/m0/s1. The maximum Gasteiger partial charge on any atom is 0.296 e. The van der Waals surface area contributed by atoms with Crippen LogP contribution in [-0.2, 0) is 22.6 Å². The van der Waals surface area contributed by atoms with Gasteiger partial charge in [0.2, 0.25) is 0 Å². The molecule has 1 aromatic heterocycles. The van der Waals surface area contributed by atoms with Gasteiger partial charge in [-0.3, -0.25) is 9.59 Å². The number of benzene rings is 2. The van der Waals surface area contributed by atoms with E-state index < -0.39 is 23.5 Å². The lowest BCUT2D eigenvalue weighted by atomic mass is 9.94. The molecule has 3 heterocycles. The lowest BCUT2D eigenvalue weighted by Crippen LogP contribution is -2.29. The van der Waals surface area contributed by atoms with Gasteiger partial charge in [-0.2, -0.15) is 0 Å². The van der Waals surface area contributed by atoms with Gasteiger partial charge in [0, 0.05) is 17.5 Å². The van der Waals surface area contributed by atoms with Crippen LogP contribution in [0.15, 0.2) is 70.9 Å². The van der Waals surface area contributed by atoms with Gasteiger partial charge in [0.1, 0.15) is 29.2 Å². The smallest absolute Gasteiger partial charge is 0.296 e. The molecule has 0 aliphatic carbocycles. The number of amides is 1. The molecule has 0 saturated carbocycles. The predicted octanol–water partition coefficient (Wildman–Crippen LogP) is 4.36. The van der Waals surface area contributed by atoms with Crippen LogP contribution in [0.5, 0.6) is 5.75 Å². The Hall–Kier alpha value is -3.87. The SMILES string of the molecule is C[C@H]1Cc2cc(C(O)=C3C(=O)C(=O)N(Cc4ccco4)[C@H]3c3ccccc3F)ccc2O1. The third-order valence-electron chi connectivity index (χ3n) is 5.82. The van der Waals surface area contributed by atoms with E-state index in [0.29, 0.717) is 17.7 Å². The van der Waals surface area contributed by atoms with Gasteiger partial charge in [-0.1, -0.05) is 18.2 Å². The summed E-state index contributed by atoms with van der Waals surface area (Å²) in [5.74, 6) is -1.46. The van der Waals surface area contributed by atoms with Gasteiger partial charge in [-0.25, -0.2) is 4.39 Å². The number of aliphatic hydroxyl groups is 1. The molecular formula is C25H20FNO5. The van der Waals surface area contributed by atoms with Crippen LogP contribution in [0.25, 0.3) is 5.76 Å². The minimum Gasteiger partial charge on any atom is -0.507 e. The highest BCUT2D eigenvalue weighted by Crippen LogP contribution is 2.42. The summed E-state index contributed by atoms with van der Waals surface area (Å²) in [6.45, 7) is 1.90. The van der Waals surface area contributed by atoms with E-state index in [1.54, 1.807) is 36.4 Å². The second-order valence-electron chi connectivity index (χ2n) is 7.98. The molecule has 3 aromatic rings. The Labute approximate surface area is 183 Å². The highest BCUT2D eigenvalue weighted by Gasteiger charge is 2.47. The van der Waals surface area contributed by atoms with Crippen LogP contribution in [0.1, 0.15) is 35.4 Å². The number of hydrogen-bond donors (Lipinski definition) is 1. The number of Topliss-reactive ketones (excluding diaryl/α,β-unsaturated/α-hetero) is 1. The summed E-state index contributed by atoms with van der Waals surface area (Å²) in [7, 11) is 0. The van der Waals surface area contributed by atoms with Gasteiger partial charge in [0.05, 0.1) is 24.4 Å². The molecule has 2 atom stereocenters. The fourth-order valence-electron chi connectivity index (χ4n) is 4.36. The van der Waals surface area contributed by atoms with E-state index >= 15 is 0 Å². The molecule has 0 spiro atoms. The zero-order valence-electron chi connectivity index (χ0n) is 17.2. The summed E-state index contributed by atoms with van der Waals surface area (Å²) in [6.07, 6.45) is 2.14. The Bertz CT molecular complexity index is 1250. The van der Waals surface area contributed by atoms with E-state index in [-0.39, 0.29) is 29.5 Å². The van der Waals surface area contributed by atoms with E-state index in [1.807, 2.05) is 6.92 Å². The number of rotatable bonds is 4. The van der Waals surface area contributed by atoms with Crippen molar-refractivity contribution in [3.8, 4) is 5.75 Å². The third kappa shape index (κ3) is 3.26. The topological polar surface area (TPSA) is 80.0 Å². The summed E-state index contributed by atoms with van der Waals surface area (Å²) in [5, 5.41) is 11.2. The molecule has 0 unspecified atom stereocenters. The van der Waals surface area contributed by atoms with Crippen LogP contribution >= 0.6 is 0 Å². The number of nitrogens with zero attached hydrogens (tertiary/aromatic N) is 1. The van der Waals surface area contributed by atoms with Gasteiger partial charge >= 0.3 is 0 Å². The molecule has 2 aliphatic rings. The summed E-state index contributed by atoms with van der Waals surface area (Å²) < 4.78 is 25.9. The monoisotopic (exact) mass is 433 g/mol. The fourth-order valence-corrected chi connectivity index (χ4v) is 4.36. The van der Waals surface area contributed by atoms with E-state index in [0.717, 1.165) is 11.3 Å². The molecule has 6 nitrogen and oxygen atoms in total. The number of ketones is 1. The first-order valence-electron chi connectivity index (χ1n) is 10.3. The number of aliphatic hydroxyl groups excluding tert-OH is 1. The van der Waals surface area contributed by atoms with Crippen LogP contribution in [0, 0.1) is 5.82 Å². The first kappa shape index (κ1) is 20.1. The van der Waals surface area contributed by atoms with Crippen LogP contribution in [0.3, 0.4) is 0 Å². The number of carbonyl (C=O) groups excluding carboxylic acids is 2. The van der Waals surface area contributed by atoms with E-state index in [2.05, 4.69) is 0 Å². The number of likely N-dealkylation sites (tertiary alicyclic amines) is 1. The van der Waals surface area contributed by atoms with Gasteiger partial charge < -0.3 is 19.2 Å². The second kappa shape index (κ2) is 7.67. The molecule has 0 bridgehead atoms. The van der Waals surface area contributed by atoms with Gasteiger partial charge in [0.25, 0.3) is 11.7 Å². The third-order valence-corrected chi connectivity index (χ3v) is 5.82. The normalized spacial score (nSPS) is 21.6. The number of carbonyl (C=O) groups is 2. The minimum atomic E-state index is -1.09. The summed E-state index contributed by atoms with van der Waals surface area (Å²) >= 11 is 0. The van der Waals surface area contributed by atoms with Crippen LogP contribution < -0.4 is 4.74 Å². The highest BCUT2D eigenvalue weighted by molar-refractivity contribution is 6.46. The van der Waals surface area contributed by atoms with Gasteiger partial charge in [-0.05, 0) is 48.9 Å². The van der Waals surface area contributed by atoms with Crippen LogP contribution in [0.4, 0.5) is 4.39 Å². The van der Waals surface area contributed by atoms with E-state index in [9.17, 15) is 19.1 Å². The first-order chi connectivity index (χ1) is 15.4. The molecule has 0 radical (unpaired) electrons. The Morgan fingerprint density at radius 2 is 1.97 bits per heavy atom. The molecule has 1 fully saturated rings. The van der Waals surface area contributed by atoms with Crippen molar-refractivity contribution in [1.82, 2.24) is 4.90 Å². The Morgan fingerprint density at radius 3 is 2.72 bits per heavy atom. The zero-order chi connectivity index (χ0) is 22.4. The highest BCUT2D eigenvalue weighted by atomic mass is 19.1. The maximum absolute atomic E-state index is 14.8. The molecule has 1 N–H and O–H groups in total. The number of ether oxygens (including phenoxy) is 1. The number of hydrogen-bond acceptors (Lipinski definition) is 5. The Morgan fingerprint density at radius 1 is 1.16 bits per heavy atom. The molecule has 32 heavy (non-hydrogen) atoms. The molecule has 5 rings (SSSR count). The summed E-state index contributed by atoms with van der Waals surface area (Å²) in [4.78, 5) is 27.2. The lowest BCUT2D eigenvalue weighted by Gasteiger charge is -2.24. The lowest BCUT2D eigenvalue weighted by molar-refractivity contribution is -0.140. The average Bonchev–Trinajstić information content (AvgIpc) is 3.48. The molecule has 162 valence electrons. The van der Waals surface area contributed by atoms with Crippen molar-refractivity contribution in [1.29, 1.82) is 0 Å². The van der Waals surface area contributed by atoms with Crippen molar-refractivity contribution in [2.45, 2.75) is 32.0 Å². The number of fused-ring (bicyclic) bond motifs is 1. The largest absolute Gasteiger partial charge is 0.507 e. The second-order valence-corrected chi connectivity index (χ2v) is 7.98. The van der Waals surface area contributed by atoms with Crippen molar-refractivity contribution in [3.05, 3.63) is 94.7 Å². The number of furan rings is 1. The molecule has 1 saturated heterocycles. The van der Waals surface area contributed by atoms with Crippen molar-refractivity contribution in [2.24, 2.45) is 0 Å². The molecular weight excluding hydrogens is 413 g/mol. The number of halogens is 1. The quantitative estimate of drug-likeness (QED) is 0.376. The van der Waals surface area contributed by atoms with Crippen molar-refractivity contribution >= 4 is 17.4 Å². The molecule has 1 amide bonds. The van der Waals surface area contributed by atoms with E-state index in [1.165, 1.54) is 29.4 Å². The Balaban J connectivity index is 1.65. The van der Waals surface area contributed by atoms with Gasteiger partial charge in [-0.15, -0.1) is 0 Å².